The fourth-order valence-electron chi connectivity index (χ4n) is 1.87. The number of thioether (sulfide) groups is 1. The second kappa shape index (κ2) is 4.39. The standard InChI is InChI=1S/C11H17NOS/c1-2-3-4-5-9-7-12-10(13)6-11(12)14-8-9/h7,11H,2-6,8H2,1H3/t11-/m1/s1. The van der Waals surface area contributed by atoms with Crippen LogP contribution in [0.3, 0.4) is 0 Å². The summed E-state index contributed by atoms with van der Waals surface area (Å²) in [5.74, 6) is 1.44. The van der Waals surface area contributed by atoms with Crippen LogP contribution in [0.4, 0.5) is 0 Å². The minimum atomic E-state index is 0.301. The fraction of sp³-hybridized carbons (Fsp3) is 0.727. The zero-order valence-electron chi connectivity index (χ0n) is 8.66. The van der Waals surface area contributed by atoms with Crippen LogP contribution in [0.25, 0.3) is 0 Å². The van der Waals surface area contributed by atoms with Crippen LogP contribution in [0, 0.1) is 0 Å². The molecular formula is C11H17NOS. The summed E-state index contributed by atoms with van der Waals surface area (Å²) >= 11 is 1.92. The van der Waals surface area contributed by atoms with Crippen molar-refractivity contribution in [1.82, 2.24) is 4.90 Å². The van der Waals surface area contributed by atoms with Gasteiger partial charge in [-0.1, -0.05) is 19.8 Å². The smallest absolute Gasteiger partial charge is 0.230 e. The Bertz CT molecular complexity index is 262. The van der Waals surface area contributed by atoms with E-state index >= 15 is 0 Å². The first-order valence-corrected chi connectivity index (χ1v) is 6.48. The lowest BCUT2D eigenvalue weighted by atomic mass is 10.1. The normalized spacial score (nSPS) is 25.5. The van der Waals surface area contributed by atoms with Gasteiger partial charge in [0.05, 0.1) is 11.8 Å². The first kappa shape index (κ1) is 10.1. The van der Waals surface area contributed by atoms with E-state index in [1.165, 1.54) is 31.3 Å². The summed E-state index contributed by atoms with van der Waals surface area (Å²) in [5.41, 5.74) is 1.45. The van der Waals surface area contributed by atoms with E-state index in [4.69, 9.17) is 0 Å². The summed E-state index contributed by atoms with van der Waals surface area (Å²) < 4.78 is 0. The first-order chi connectivity index (χ1) is 6.81. The van der Waals surface area contributed by atoms with Gasteiger partial charge < -0.3 is 4.90 Å². The third-order valence-electron chi connectivity index (χ3n) is 2.83. The molecule has 1 atom stereocenters. The van der Waals surface area contributed by atoms with E-state index < -0.39 is 0 Å². The van der Waals surface area contributed by atoms with Gasteiger partial charge in [0.15, 0.2) is 0 Å². The topological polar surface area (TPSA) is 20.3 Å². The van der Waals surface area contributed by atoms with Crippen LogP contribution in [-0.2, 0) is 4.79 Å². The molecule has 2 heterocycles. The van der Waals surface area contributed by atoms with Gasteiger partial charge in [-0.2, -0.15) is 0 Å². The van der Waals surface area contributed by atoms with Crippen LogP contribution in [0.15, 0.2) is 11.8 Å². The van der Waals surface area contributed by atoms with E-state index in [2.05, 4.69) is 13.1 Å². The molecule has 2 rings (SSSR count). The van der Waals surface area contributed by atoms with Crippen molar-refractivity contribution in [1.29, 1.82) is 0 Å². The predicted molar refractivity (Wildman–Crippen MR) is 59.9 cm³/mol. The van der Waals surface area contributed by atoms with Crippen molar-refractivity contribution in [2.45, 2.75) is 44.4 Å². The van der Waals surface area contributed by atoms with E-state index in [9.17, 15) is 4.79 Å². The van der Waals surface area contributed by atoms with Crippen LogP contribution in [0.2, 0.25) is 0 Å². The highest BCUT2D eigenvalue weighted by molar-refractivity contribution is 8.00. The number of hydrogen-bond donors (Lipinski definition) is 0. The Balaban J connectivity index is 1.84. The van der Waals surface area contributed by atoms with Gasteiger partial charge in [-0.3, -0.25) is 4.79 Å². The van der Waals surface area contributed by atoms with Gasteiger partial charge in [0, 0.05) is 12.0 Å². The molecule has 78 valence electrons. The molecule has 14 heavy (non-hydrogen) atoms. The molecule has 1 amide bonds. The summed E-state index contributed by atoms with van der Waals surface area (Å²) in [6.07, 6.45) is 7.88. The minimum Gasteiger partial charge on any atom is -0.306 e. The molecule has 0 aromatic carbocycles. The van der Waals surface area contributed by atoms with Gasteiger partial charge in [0.1, 0.15) is 0 Å². The molecule has 0 bridgehead atoms. The van der Waals surface area contributed by atoms with E-state index in [0.717, 1.165) is 12.2 Å². The molecule has 1 saturated heterocycles. The molecule has 2 aliphatic heterocycles. The summed E-state index contributed by atoms with van der Waals surface area (Å²) in [7, 11) is 0. The largest absolute Gasteiger partial charge is 0.306 e. The van der Waals surface area contributed by atoms with Crippen molar-refractivity contribution in [3.63, 3.8) is 0 Å². The Morgan fingerprint density at radius 1 is 1.57 bits per heavy atom. The third kappa shape index (κ3) is 1.97. The first-order valence-electron chi connectivity index (χ1n) is 5.43. The molecule has 2 nitrogen and oxygen atoms in total. The van der Waals surface area contributed by atoms with Crippen molar-refractivity contribution < 1.29 is 4.79 Å². The molecule has 3 heteroatoms. The lowest BCUT2D eigenvalue weighted by Crippen LogP contribution is -2.49. The Morgan fingerprint density at radius 3 is 3.14 bits per heavy atom. The number of nitrogens with zero attached hydrogens (tertiary/aromatic N) is 1. The fourth-order valence-corrected chi connectivity index (χ4v) is 3.10. The number of fused-ring (bicyclic) bond motifs is 1. The highest BCUT2D eigenvalue weighted by Crippen LogP contribution is 2.36. The Kier molecular flexibility index (Phi) is 3.16. The van der Waals surface area contributed by atoms with Crippen LogP contribution in [0.1, 0.15) is 39.0 Å². The zero-order valence-corrected chi connectivity index (χ0v) is 9.48. The molecule has 0 aliphatic carbocycles. The Labute approximate surface area is 89.7 Å². The summed E-state index contributed by atoms with van der Waals surface area (Å²) in [4.78, 5) is 13.1. The summed E-state index contributed by atoms with van der Waals surface area (Å²) in [5, 5.41) is 0.470. The van der Waals surface area contributed by atoms with Gasteiger partial charge in [-0.25, -0.2) is 0 Å². The maximum absolute atomic E-state index is 11.2. The summed E-state index contributed by atoms with van der Waals surface area (Å²) in [6, 6.07) is 0. The molecule has 0 spiro atoms. The highest BCUT2D eigenvalue weighted by Gasteiger charge is 2.37. The zero-order chi connectivity index (χ0) is 9.97. The van der Waals surface area contributed by atoms with Gasteiger partial charge >= 0.3 is 0 Å². The van der Waals surface area contributed by atoms with Gasteiger partial charge in [-0.05, 0) is 18.4 Å². The van der Waals surface area contributed by atoms with Crippen LogP contribution < -0.4 is 0 Å². The molecule has 0 aromatic heterocycles. The molecule has 0 radical (unpaired) electrons. The quantitative estimate of drug-likeness (QED) is 0.526. The van der Waals surface area contributed by atoms with Crippen LogP contribution in [0.5, 0.6) is 0 Å². The number of unbranched alkanes of at least 4 members (excludes halogenated alkanes) is 2. The average Bonchev–Trinajstić information content (AvgIpc) is 2.19. The summed E-state index contributed by atoms with van der Waals surface area (Å²) in [6.45, 7) is 2.22. The lowest BCUT2D eigenvalue weighted by Gasteiger charge is -2.41. The van der Waals surface area contributed by atoms with Gasteiger partial charge in [0.25, 0.3) is 0 Å². The van der Waals surface area contributed by atoms with Crippen molar-refractivity contribution in [2.24, 2.45) is 0 Å². The third-order valence-corrected chi connectivity index (χ3v) is 4.15. The molecule has 1 fully saturated rings. The molecule has 0 saturated carbocycles. The lowest BCUT2D eigenvalue weighted by molar-refractivity contribution is -0.137. The number of rotatable bonds is 4. The second-order valence-electron chi connectivity index (χ2n) is 4.02. The van der Waals surface area contributed by atoms with E-state index in [-0.39, 0.29) is 0 Å². The van der Waals surface area contributed by atoms with Gasteiger partial charge in [0.2, 0.25) is 5.91 Å². The van der Waals surface area contributed by atoms with Crippen molar-refractivity contribution in [2.75, 3.05) is 5.75 Å². The number of β-lactam (4-membered cyclic amide) rings is 1. The van der Waals surface area contributed by atoms with E-state index in [1.807, 2.05) is 16.7 Å². The Morgan fingerprint density at radius 2 is 2.43 bits per heavy atom. The maximum Gasteiger partial charge on any atom is 0.230 e. The van der Waals surface area contributed by atoms with Gasteiger partial charge in [-0.15, -0.1) is 11.8 Å². The molecular weight excluding hydrogens is 194 g/mol. The monoisotopic (exact) mass is 211 g/mol. The number of carbonyl (C=O) groups is 1. The molecule has 0 N–H and O–H groups in total. The minimum absolute atomic E-state index is 0.301. The van der Waals surface area contributed by atoms with Crippen molar-refractivity contribution >= 4 is 17.7 Å². The van der Waals surface area contributed by atoms with Crippen LogP contribution in [-0.4, -0.2) is 21.9 Å². The average molecular weight is 211 g/mol. The maximum atomic E-state index is 11.2. The molecule has 0 aromatic rings. The second-order valence-corrected chi connectivity index (χ2v) is 5.18. The van der Waals surface area contributed by atoms with Crippen molar-refractivity contribution in [3.8, 4) is 0 Å². The van der Waals surface area contributed by atoms with E-state index in [0.29, 0.717) is 11.3 Å². The number of amides is 1. The SMILES string of the molecule is CCCCCC1=CN2C(=O)C[C@H]2SC1. The number of carbonyl (C=O) groups excluding carboxylic acids is 1. The van der Waals surface area contributed by atoms with Crippen LogP contribution >= 0.6 is 11.8 Å². The van der Waals surface area contributed by atoms with Crippen molar-refractivity contribution in [3.05, 3.63) is 11.8 Å². The predicted octanol–water partition coefficient (Wildman–Crippen LogP) is 2.76. The molecule has 0 unspecified atom stereocenters. The highest BCUT2D eigenvalue weighted by atomic mass is 32.2. The Hall–Kier alpha value is -0.440. The number of hydrogen-bond acceptors (Lipinski definition) is 2. The van der Waals surface area contributed by atoms with E-state index in [1.54, 1.807) is 0 Å². The molecule has 2 aliphatic rings.